The zero-order valence-corrected chi connectivity index (χ0v) is 16.2. The number of hydrogen-bond donors (Lipinski definition) is 2. The van der Waals surface area contributed by atoms with Crippen LogP contribution in [0.2, 0.25) is 0 Å². The van der Waals surface area contributed by atoms with Crippen molar-refractivity contribution in [2.24, 2.45) is 0 Å². The van der Waals surface area contributed by atoms with Crippen molar-refractivity contribution in [3.63, 3.8) is 0 Å². The first kappa shape index (κ1) is 19.1. The second kappa shape index (κ2) is 7.67. The van der Waals surface area contributed by atoms with Gasteiger partial charge in [0.05, 0.1) is 23.4 Å². The van der Waals surface area contributed by atoms with Crippen LogP contribution in [-0.2, 0) is 6.54 Å². The van der Waals surface area contributed by atoms with Gasteiger partial charge < -0.3 is 11.1 Å². The molecule has 0 aliphatic rings. The maximum atomic E-state index is 12.7. The molecule has 1 amide bonds. The molecule has 0 bridgehead atoms. The predicted molar refractivity (Wildman–Crippen MR) is 115 cm³/mol. The second-order valence-electron chi connectivity index (χ2n) is 6.81. The lowest BCUT2D eigenvalue weighted by molar-refractivity contribution is 0.0935. The summed E-state index contributed by atoms with van der Waals surface area (Å²) in [7, 11) is 0. The molecule has 30 heavy (non-hydrogen) atoms. The standard InChI is InChI=1S/C22H19N5O3/c1-14(28)27-19-7-4-12-24-20(19)26(22(27)30)13-15-8-10-16(11-9-15)21(29)25-18-6-3-2-5-17(18)23/h2-12H,13,23H2,1H3,(H,25,29). The molecule has 0 spiro atoms. The van der Waals surface area contributed by atoms with Crippen molar-refractivity contribution in [3.05, 3.63) is 88.5 Å². The number of pyridine rings is 1. The van der Waals surface area contributed by atoms with Crippen LogP contribution in [0.25, 0.3) is 11.2 Å². The van der Waals surface area contributed by atoms with E-state index in [1.807, 2.05) is 0 Å². The van der Waals surface area contributed by atoms with Crippen molar-refractivity contribution in [1.29, 1.82) is 0 Å². The molecule has 0 saturated heterocycles. The molecule has 2 heterocycles. The van der Waals surface area contributed by atoms with Crippen LogP contribution in [0.4, 0.5) is 11.4 Å². The fourth-order valence-electron chi connectivity index (χ4n) is 3.28. The summed E-state index contributed by atoms with van der Waals surface area (Å²) in [6.07, 6.45) is 1.57. The number of carbonyl (C=O) groups is 2. The Labute approximate surface area is 171 Å². The molecule has 2 aromatic carbocycles. The van der Waals surface area contributed by atoms with Gasteiger partial charge in [-0.3, -0.25) is 14.2 Å². The van der Waals surface area contributed by atoms with E-state index in [0.29, 0.717) is 28.1 Å². The number of nitrogens with two attached hydrogens (primary N) is 1. The number of para-hydroxylation sites is 2. The molecule has 3 N–H and O–H groups in total. The number of aromatic nitrogens is 3. The normalized spacial score (nSPS) is 10.8. The average Bonchev–Trinajstić information content (AvgIpc) is 3.02. The number of amides is 1. The maximum absolute atomic E-state index is 12.7. The van der Waals surface area contributed by atoms with Crippen LogP contribution >= 0.6 is 0 Å². The Kier molecular flexibility index (Phi) is 4.89. The Morgan fingerprint density at radius 2 is 1.77 bits per heavy atom. The van der Waals surface area contributed by atoms with Crippen LogP contribution in [0, 0.1) is 0 Å². The summed E-state index contributed by atoms with van der Waals surface area (Å²) in [6, 6.07) is 17.2. The molecule has 0 atom stereocenters. The third-order valence-corrected chi connectivity index (χ3v) is 4.77. The van der Waals surface area contributed by atoms with E-state index in [-0.39, 0.29) is 18.4 Å². The zero-order chi connectivity index (χ0) is 21.3. The SMILES string of the molecule is CC(=O)n1c(=O)n(Cc2ccc(C(=O)Nc3ccccc3N)cc2)c2ncccc21. The van der Waals surface area contributed by atoms with Crippen molar-refractivity contribution in [1.82, 2.24) is 14.1 Å². The molecular weight excluding hydrogens is 382 g/mol. The second-order valence-corrected chi connectivity index (χ2v) is 6.81. The largest absolute Gasteiger partial charge is 0.397 e. The van der Waals surface area contributed by atoms with E-state index >= 15 is 0 Å². The highest BCUT2D eigenvalue weighted by Crippen LogP contribution is 2.18. The highest BCUT2D eigenvalue weighted by Gasteiger charge is 2.17. The number of anilines is 2. The highest BCUT2D eigenvalue weighted by molar-refractivity contribution is 6.05. The first-order valence-corrected chi connectivity index (χ1v) is 9.27. The van der Waals surface area contributed by atoms with E-state index in [2.05, 4.69) is 10.3 Å². The van der Waals surface area contributed by atoms with Crippen LogP contribution in [-0.4, -0.2) is 25.9 Å². The van der Waals surface area contributed by atoms with Gasteiger partial charge in [-0.1, -0.05) is 24.3 Å². The number of hydrogen-bond acceptors (Lipinski definition) is 5. The van der Waals surface area contributed by atoms with Gasteiger partial charge in [0, 0.05) is 18.7 Å². The molecule has 8 heteroatoms. The number of imidazole rings is 1. The molecule has 0 saturated carbocycles. The van der Waals surface area contributed by atoms with E-state index in [9.17, 15) is 14.4 Å². The average molecular weight is 401 g/mol. The van der Waals surface area contributed by atoms with Crippen LogP contribution in [0.5, 0.6) is 0 Å². The first-order chi connectivity index (χ1) is 14.5. The van der Waals surface area contributed by atoms with Gasteiger partial charge in [-0.05, 0) is 42.0 Å². The van der Waals surface area contributed by atoms with E-state index in [4.69, 9.17) is 5.73 Å². The summed E-state index contributed by atoms with van der Waals surface area (Å²) in [5, 5.41) is 2.77. The molecule has 0 radical (unpaired) electrons. The summed E-state index contributed by atoms with van der Waals surface area (Å²) in [4.78, 5) is 41.4. The molecule has 8 nitrogen and oxygen atoms in total. The minimum absolute atomic E-state index is 0.222. The number of rotatable bonds is 4. The summed E-state index contributed by atoms with van der Waals surface area (Å²) in [6.45, 7) is 1.56. The quantitative estimate of drug-likeness (QED) is 0.511. The lowest BCUT2D eigenvalue weighted by Crippen LogP contribution is -2.28. The van der Waals surface area contributed by atoms with Gasteiger partial charge in [0.15, 0.2) is 5.65 Å². The molecular formula is C22H19N5O3. The van der Waals surface area contributed by atoms with E-state index < -0.39 is 5.69 Å². The molecule has 4 rings (SSSR count). The lowest BCUT2D eigenvalue weighted by Gasteiger charge is -2.09. The summed E-state index contributed by atoms with van der Waals surface area (Å²) >= 11 is 0. The number of nitrogen functional groups attached to an aromatic ring is 1. The highest BCUT2D eigenvalue weighted by atomic mass is 16.2. The van der Waals surface area contributed by atoms with Crippen molar-refractivity contribution < 1.29 is 9.59 Å². The number of nitrogens with one attached hydrogen (secondary N) is 1. The third-order valence-electron chi connectivity index (χ3n) is 4.77. The van der Waals surface area contributed by atoms with Crippen molar-refractivity contribution >= 4 is 34.4 Å². The minimum atomic E-state index is -0.447. The van der Waals surface area contributed by atoms with Gasteiger partial charge in [-0.25, -0.2) is 14.3 Å². The topological polar surface area (TPSA) is 112 Å². The van der Waals surface area contributed by atoms with Gasteiger partial charge in [-0.2, -0.15) is 0 Å². The lowest BCUT2D eigenvalue weighted by atomic mass is 10.1. The molecule has 150 valence electrons. The van der Waals surface area contributed by atoms with Crippen LogP contribution < -0.4 is 16.7 Å². The molecule has 0 aliphatic heterocycles. The predicted octanol–water partition coefficient (Wildman–Crippen LogP) is 2.74. The van der Waals surface area contributed by atoms with Crippen molar-refractivity contribution in [3.8, 4) is 0 Å². The number of fused-ring (bicyclic) bond motifs is 1. The minimum Gasteiger partial charge on any atom is -0.397 e. The monoisotopic (exact) mass is 401 g/mol. The maximum Gasteiger partial charge on any atom is 0.337 e. The Hall–Kier alpha value is -4.20. The van der Waals surface area contributed by atoms with Gasteiger partial charge in [0.2, 0.25) is 5.91 Å². The van der Waals surface area contributed by atoms with Gasteiger partial charge >= 0.3 is 5.69 Å². The van der Waals surface area contributed by atoms with Crippen LogP contribution in [0.3, 0.4) is 0 Å². The molecule has 4 aromatic rings. The Balaban J connectivity index is 1.60. The zero-order valence-electron chi connectivity index (χ0n) is 16.2. The van der Waals surface area contributed by atoms with Crippen molar-refractivity contribution in [2.45, 2.75) is 13.5 Å². The fourth-order valence-corrected chi connectivity index (χ4v) is 3.28. The Morgan fingerprint density at radius 3 is 2.47 bits per heavy atom. The number of carbonyl (C=O) groups excluding carboxylic acids is 2. The number of benzene rings is 2. The number of nitrogens with zero attached hydrogens (tertiary/aromatic N) is 3. The van der Waals surface area contributed by atoms with E-state index in [0.717, 1.165) is 10.1 Å². The molecule has 0 unspecified atom stereocenters. The van der Waals surface area contributed by atoms with Crippen LogP contribution in [0.1, 0.15) is 27.6 Å². The fraction of sp³-hybridized carbons (Fsp3) is 0.0909. The molecule has 0 fully saturated rings. The van der Waals surface area contributed by atoms with E-state index in [1.165, 1.54) is 11.5 Å². The van der Waals surface area contributed by atoms with Gasteiger partial charge in [-0.15, -0.1) is 0 Å². The summed E-state index contributed by atoms with van der Waals surface area (Å²) in [5.74, 6) is -0.657. The Morgan fingerprint density at radius 1 is 1.03 bits per heavy atom. The van der Waals surface area contributed by atoms with Crippen molar-refractivity contribution in [2.75, 3.05) is 11.1 Å². The Bertz CT molecular complexity index is 1320. The summed E-state index contributed by atoms with van der Waals surface area (Å²) in [5.41, 5.74) is 8.58. The smallest absolute Gasteiger partial charge is 0.337 e. The van der Waals surface area contributed by atoms with Crippen LogP contribution in [0.15, 0.2) is 71.7 Å². The van der Waals surface area contributed by atoms with E-state index in [1.54, 1.807) is 66.9 Å². The summed E-state index contributed by atoms with van der Waals surface area (Å²) < 4.78 is 2.55. The third kappa shape index (κ3) is 3.46. The first-order valence-electron chi connectivity index (χ1n) is 9.27. The van der Waals surface area contributed by atoms with Gasteiger partial charge in [0.25, 0.3) is 5.91 Å². The molecule has 2 aromatic heterocycles. The molecule has 0 aliphatic carbocycles. The van der Waals surface area contributed by atoms with Gasteiger partial charge in [0.1, 0.15) is 0 Å².